The number of hydrogen-bond acceptors (Lipinski definition) is 4. The van der Waals surface area contributed by atoms with Crippen LogP contribution in [-0.4, -0.2) is 42.8 Å². The summed E-state index contributed by atoms with van der Waals surface area (Å²) in [6.07, 6.45) is 1.02. The summed E-state index contributed by atoms with van der Waals surface area (Å²) < 4.78 is 10.4. The molecule has 1 amide bonds. The molecule has 6 heteroatoms. The number of rotatable bonds is 7. The summed E-state index contributed by atoms with van der Waals surface area (Å²) >= 11 is 0. The van der Waals surface area contributed by atoms with Crippen molar-refractivity contribution in [1.29, 1.82) is 0 Å². The molecule has 1 aliphatic heterocycles. The van der Waals surface area contributed by atoms with Crippen LogP contribution in [-0.2, 0) is 14.3 Å². The van der Waals surface area contributed by atoms with Gasteiger partial charge in [0.1, 0.15) is 5.75 Å². The topological polar surface area (TPSA) is 84.9 Å². The van der Waals surface area contributed by atoms with Gasteiger partial charge >= 0.3 is 5.97 Å². The van der Waals surface area contributed by atoms with Crippen molar-refractivity contribution >= 4 is 11.9 Å². The average molecular weight is 321 g/mol. The van der Waals surface area contributed by atoms with Crippen LogP contribution in [0, 0.1) is 0 Å². The number of carboxylic acid groups (broad SMARTS) is 1. The third-order valence-electron chi connectivity index (χ3n) is 4.22. The lowest BCUT2D eigenvalue weighted by molar-refractivity contribution is -0.139. The molecule has 0 aromatic heterocycles. The van der Waals surface area contributed by atoms with Crippen LogP contribution in [0.3, 0.4) is 0 Å². The zero-order valence-corrected chi connectivity index (χ0v) is 13.5. The summed E-state index contributed by atoms with van der Waals surface area (Å²) in [6, 6.07) is 7.36. The SMILES string of the molecule is CCC(C(=O)NC1(CC(=O)O)CCOC1)c1ccc(OC)cc1. The molecule has 2 atom stereocenters. The van der Waals surface area contributed by atoms with Crippen molar-refractivity contribution in [2.45, 2.75) is 37.6 Å². The van der Waals surface area contributed by atoms with Crippen LogP contribution in [0.4, 0.5) is 0 Å². The molecular formula is C17H23NO5. The minimum Gasteiger partial charge on any atom is -0.497 e. The Kier molecular flexibility index (Phi) is 5.60. The molecule has 1 aromatic carbocycles. The highest BCUT2D eigenvalue weighted by molar-refractivity contribution is 5.85. The normalized spacial score (nSPS) is 21.7. The maximum atomic E-state index is 12.7. The van der Waals surface area contributed by atoms with Crippen LogP contribution in [0.1, 0.15) is 37.7 Å². The van der Waals surface area contributed by atoms with Crippen molar-refractivity contribution in [1.82, 2.24) is 5.32 Å². The lowest BCUT2D eigenvalue weighted by atomic mass is 9.90. The first kappa shape index (κ1) is 17.3. The van der Waals surface area contributed by atoms with Crippen LogP contribution >= 0.6 is 0 Å². The molecule has 0 bridgehead atoms. The summed E-state index contributed by atoms with van der Waals surface area (Å²) in [5, 5.41) is 12.0. The van der Waals surface area contributed by atoms with E-state index in [1.54, 1.807) is 7.11 Å². The minimum atomic E-state index is -0.937. The fourth-order valence-electron chi connectivity index (χ4n) is 2.94. The van der Waals surface area contributed by atoms with E-state index < -0.39 is 11.5 Å². The molecule has 2 rings (SSSR count). The van der Waals surface area contributed by atoms with Gasteiger partial charge in [-0.3, -0.25) is 9.59 Å². The first-order valence-corrected chi connectivity index (χ1v) is 7.75. The van der Waals surface area contributed by atoms with Gasteiger partial charge < -0.3 is 19.9 Å². The molecule has 1 fully saturated rings. The third-order valence-corrected chi connectivity index (χ3v) is 4.22. The van der Waals surface area contributed by atoms with Crippen LogP contribution in [0.15, 0.2) is 24.3 Å². The predicted molar refractivity (Wildman–Crippen MR) is 84.6 cm³/mol. The molecule has 1 aliphatic rings. The van der Waals surface area contributed by atoms with Gasteiger partial charge in [0.15, 0.2) is 0 Å². The van der Waals surface area contributed by atoms with Crippen molar-refractivity contribution in [2.24, 2.45) is 0 Å². The molecule has 2 N–H and O–H groups in total. The minimum absolute atomic E-state index is 0.127. The van der Waals surface area contributed by atoms with Gasteiger partial charge in [-0.25, -0.2) is 0 Å². The van der Waals surface area contributed by atoms with Gasteiger partial charge in [-0.2, -0.15) is 0 Å². The number of methoxy groups -OCH3 is 1. The lowest BCUT2D eigenvalue weighted by Gasteiger charge is -2.29. The van der Waals surface area contributed by atoms with Gasteiger partial charge in [0.05, 0.1) is 31.6 Å². The Morgan fingerprint density at radius 1 is 1.39 bits per heavy atom. The number of benzene rings is 1. The zero-order chi connectivity index (χ0) is 16.9. The van der Waals surface area contributed by atoms with Crippen LogP contribution in [0.2, 0.25) is 0 Å². The van der Waals surface area contributed by atoms with Crippen molar-refractivity contribution in [3.63, 3.8) is 0 Å². The van der Waals surface area contributed by atoms with Crippen molar-refractivity contribution < 1.29 is 24.2 Å². The molecule has 0 radical (unpaired) electrons. The second-order valence-corrected chi connectivity index (χ2v) is 5.88. The Morgan fingerprint density at radius 3 is 2.57 bits per heavy atom. The number of nitrogens with one attached hydrogen (secondary N) is 1. The summed E-state index contributed by atoms with van der Waals surface area (Å²) in [6.45, 7) is 2.64. The average Bonchev–Trinajstić information content (AvgIpc) is 2.95. The first-order valence-electron chi connectivity index (χ1n) is 7.75. The number of hydrogen-bond donors (Lipinski definition) is 2. The molecule has 1 heterocycles. The molecule has 2 unspecified atom stereocenters. The van der Waals surface area contributed by atoms with Crippen molar-refractivity contribution in [3.8, 4) is 5.75 Å². The summed E-state index contributed by atoms with van der Waals surface area (Å²) in [4.78, 5) is 23.8. The van der Waals surface area contributed by atoms with Gasteiger partial charge in [0.25, 0.3) is 0 Å². The zero-order valence-electron chi connectivity index (χ0n) is 13.5. The Labute approximate surface area is 135 Å². The smallest absolute Gasteiger partial charge is 0.305 e. The summed E-state index contributed by atoms with van der Waals surface area (Å²) in [5.74, 6) is -0.694. The number of carbonyl (C=O) groups is 2. The van der Waals surface area contributed by atoms with E-state index in [1.807, 2.05) is 31.2 Å². The second-order valence-electron chi connectivity index (χ2n) is 5.88. The van der Waals surface area contributed by atoms with Gasteiger partial charge in [0, 0.05) is 6.61 Å². The van der Waals surface area contributed by atoms with Crippen LogP contribution in [0.5, 0.6) is 5.75 Å². The van der Waals surface area contributed by atoms with Crippen LogP contribution in [0.25, 0.3) is 0 Å². The Balaban J connectivity index is 2.13. The highest BCUT2D eigenvalue weighted by Gasteiger charge is 2.39. The van der Waals surface area contributed by atoms with E-state index in [9.17, 15) is 9.59 Å². The Bertz CT molecular complexity index is 549. The molecule has 1 aromatic rings. The highest BCUT2D eigenvalue weighted by atomic mass is 16.5. The molecule has 0 aliphatic carbocycles. The maximum absolute atomic E-state index is 12.7. The van der Waals surface area contributed by atoms with Gasteiger partial charge in [0.2, 0.25) is 5.91 Å². The van der Waals surface area contributed by atoms with Gasteiger partial charge in [-0.15, -0.1) is 0 Å². The molecular weight excluding hydrogens is 298 g/mol. The molecule has 6 nitrogen and oxygen atoms in total. The van der Waals surface area contributed by atoms with Crippen LogP contribution < -0.4 is 10.1 Å². The fourth-order valence-corrected chi connectivity index (χ4v) is 2.94. The van der Waals surface area contributed by atoms with E-state index >= 15 is 0 Å². The monoisotopic (exact) mass is 321 g/mol. The van der Waals surface area contributed by atoms with E-state index in [2.05, 4.69) is 5.32 Å². The molecule has 0 saturated carbocycles. The molecule has 0 spiro atoms. The third kappa shape index (κ3) is 4.22. The highest BCUT2D eigenvalue weighted by Crippen LogP contribution is 2.27. The number of amides is 1. The molecule has 126 valence electrons. The Hall–Kier alpha value is -2.08. The van der Waals surface area contributed by atoms with E-state index in [-0.39, 0.29) is 24.9 Å². The summed E-state index contributed by atoms with van der Waals surface area (Å²) in [7, 11) is 1.59. The van der Waals surface area contributed by atoms with Crippen molar-refractivity contribution in [2.75, 3.05) is 20.3 Å². The lowest BCUT2D eigenvalue weighted by Crippen LogP contribution is -2.51. The maximum Gasteiger partial charge on any atom is 0.305 e. The standard InChI is InChI=1S/C17H23NO5/c1-3-14(12-4-6-13(22-2)7-5-12)16(21)18-17(10-15(19)20)8-9-23-11-17/h4-7,14H,3,8-11H2,1-2H3,(H,18,21)(H,19,20). The number of carboxylic acids is 1. The van der Waals surface area contributed by atoms with E-state index in [4.69, 9.17) is 14.6 Å². The number of carbonyl (C=O) groups excluding carboxylic acids is 1. The molecule has 1 saturated heterocycles. The van der Waals surface area contributed by atoms with E-state index in [1.165, 1.54) is 0 Å². The summed E-state index contributed by atoms with van der Waals surface area (Å²) in [5.41, 5.74) is 0.0817. The van der Waals surface area contributed by atoms with E-state index in [0.29, 0.717) is 19.4 Å². The molecule has 23 heavy (non-hydrogen) atoms. The van der Waals surface area contributed by atoms with Crippen molar-refractivity contribution in [3.05, 3.63) is 29.8 Å². The second kappa shape index (κ2) is 7.46. The predicted octanol–water partition coefficient (Wildman–Crippen LogP) is 1.94. The van der Waals surface area contributed by atoms with Gasteiger partial charge in [-0.05, 0) is 30.5 Å². The number of ether oxygens (including phenoxy) is 2. The van der Waals surface area contributed by atoms with E-state index in [0.717, 1.165) is 11.3 Å². The Morgan fingerprint density at radius 2 is 2.09 bits per heavy atom. The number of aliphatic carboxylic acids is 1. The van der Waals surface area contributed by atoms with Gasteiger partial charge in [-0.1, -0.05) is 19.1 Å². The quantitative estimate of drug-likeness (QED) is 0.801. The first-order chi connectivity index (χ1) is 11.0. The largest absolute Gasteiger partial charge is 0.497 e. The fraction of sp³-hybridized carbons (Fsp3) is 0.529.